The fourth-order valence-electron chi connectivity index (χ4n) is 3.01. The van der Waals surface area contributed by atoms with Crippen molar-refractivity contribution in [3.8, 4) is 5.75 Å². The largest absolute Gasteiger partial charge is 0.505 e. The molecule has 0 aliphatic rings. The van der Waals surface area contributed by atoms with E-state index in [1.54, 1.807) is 24.3 Å². The molecule has 0 heterocycles. The van der Waals surface area contributed by atoms with Gasteiger partial charge in [-0.15, -0.1) is 5.11 Å². The Kier molecular flexibility index (Phi) is 5.35. The van der Waals surface area contributed by atoms with Crippen molar-refractivity contribution in [2.45, 2.75) is 13.8 Å². The lowest BCUT2D eigenvalue weighted by molar-refractivity contribution is 0.0694. The number of hydrogen-bond donors (Lipinski definition) is 2. The summed E-state index contributed by atoms with van der Waals surface area (Å²) in [6, 6.07) is 16.2. The Labute approximate surface area is 157 Å². The van der Waals surface area contributed by atoms with E-state index in [2.05, 4.69) is 29.0 Å². The van der Waals surface area contributed by atoms with Crippen LogP contribution in [0.4, 0.5) is 17.1 Å². The highest BCUT2D eigenvalue weighted by molar-refractivity contribution is 6.04. The predicted molar refractivity (Wildman–Crippen MR) is 107 cm³/mol. The lowest BCUT2D eigenvalue weighted by Crippen LogP contribution is -2.21. The molecular weight excluding hydrogens is 342 g/mol. The summed E-state index contributed by atoms with van der Waals surface area (Å²) >= 11 is 0. The third-order valence-corrected chi connectivity index (χ3v) is 4.47. The molecule has 0 radical (unpaired) electrons. The molecule has 3 aromatic carbocycles. The molecule has 6 heteroatoms. The molecule has 3 aromatic rings. The quantitative estimate of drug-likeness (QED) is 0.566. The number of anilines is 1. The second kappa shape index (κ2) is 7.86. The Hall–Kier alpha value is -3.41. The Morgan fingerprint density at radius 1 is 1.00 bits per heavy atom. The highest BCUT2D eigenvalue weighted by atomic mass is 16.4. The zero-order valence-corrected chi connectivity index (χ0v) is 15.3. The third kappa shape index (κ3) is 3.74. The Balaban J connectivity index is 2.01. The molecule has 0 saturated carbocycles. The van der Waals surface area contributed by atoms with Gasteiger partial charge in [0.05, 0.1) is 5.69 Å². The highest BCUT2D eigenvalue weighted by Gasteiger charge is 2.17. The van der Waals surface area contributed by atoms with Gasteiger partial charge in [-0.1, -0.05) is 24.3 Å². The first-order chi connectivity index (χ1) is 13.0. The van der Waals surface area contributed by atoms with Gasteiger partial charge in [0.15, 0.2) is 5.75 Å². The molecule has 0 bridgehead atoms. The van der Waals surface area contributed by atoms with Gasteiger partial charge < -0.3 is 15.1 Å². The van der Waals surface area contributed by atoms with Gasteiger partial charge in [0.2, 0.25) is 0 Å². The van der Waals surface area contributed by atoms with Crippen LogP contribution in [0, 0.1) is 0 Å². The summed E-state index contributed by atoms with van der Waals surface area (Å²) in [5.41, 5.74) is 1.67. The molecule has 0 unspecified atom stereocenters. The van der Waals surface area contributed by atoms with Crippen LogP contribution in [0.5, 0.6) is 5.75 Å². The molecule has 0 aliphatic heterocycles. The van der Waals surface area contributed by atoms with Crippen LogP contribution < -0.4 is 4.90 Å². The first kappa shape index (κ1) is 18.4. The van der Waals surface area contributed by atoms with Crippen molar-refractivity contribution in [2.24, 2.45) is 10.2 Å². The van der Waals surface area contributed by atoms with Gasteiger partial charge in [0, 0.05) is 24.2 Å². The second-order valence-electron chi connectivity index (χ2n) is 6.04. The molecule has 0 aromatic heterocycles. The van der Waals surface area contributed by atoms with Gasteiger partial charge in [-0.05, 0) is 49.6 Å². The summed E-state index contributed by atoms with van der Waals surface area (Å²) in [5, 5.41) is 29.4. The average molecular weight is 363 g/mol. The number of benzene rings is 3. The fraction of sp³-hybridized carbons (Fsp3) is 0.190. The van der Waals surface area contributed by atoms with E-state index >= 15 is 0 Å². The van der Waals surface area contributed by atoms with E-state index in [9.17, 15) is 15.0 Å². The molecular formula is C21H21N3O3. The summed E-state index contributed by atoms with van der Waals surface area (Å²) < 4.78 is 0. The predicted octanol–water partition coefficient (Wildman–Crippen LogP) is 5.51. The van der Waals surface area contributed by atoms with E-state index in [-0.39, 0.29) is 17.0 Å². The van der Waals surface area contributed by atoms with Crippen LogP contribution in [0.3, 0.4) is 0 Å². The number of rotatable bonds is 6. The van der Waals surface area contributed by atoms with Crippen molar-refractivity contribution in [3.63, 3.8) is 0 Å². The van der Waals surface area contributed by atoms with Crippen molar-refractivity contribution >= 4 is 33.8 Å². The minimum atomic E-state index is -1.21. The first-order valence-electron chi connectivity index (χ1n) is 8.79. The van der Waals surface area contributed by atoms with Crippen molar-refractivity contribution in [3.05, 3.63) is 60.2 Å². The lowest BCUT2D eigenvalue weighted by Gasteiger charge is -2.20. The average Bonchev–Trinajstić information content (AvgIpc) is 2.68. The minimum absolute atomic E-state index is 0.151. The zero-order valence-electron chi connectivity index (χ0n) is 15.3. The van der Waals surface area contributed by atoms with Crippen molar-refractivity contribution in [1.29, 1.82) is 0 Å². The van der Waals surface area contributed by atoms with Crippen LogP contribution in [0.1, 0.15) is 24.2 Å². The number of carboxylic acid groups (broad SMARTS) is 1. The topological polar surface area (TPSA) is 85.5 Å². The van der Waals surface area contributed by atoms with Gasteiger partial charge >= 0.3 is 5.97 Å². The molecule has 0 amide bonds. The Morgan fingerprint density at radius 2 is 1.67 bits per heavy atom. The maximum Gasteiger partial charge on any atom is 0.339 e. The Bertz CT molecular complexity index is 993. The second-order valence-corrected chi connectivity index (χ2v) is 6.04. The number of azo groups is 1. The normalized spacial score (nSPS) is 11.2. The summed E-state index contributed by atoms with van der Waals surface area (Å²) in [6.45, 7) is 6.03. The number of phenols is 1. The standard InChI is InChI=1S/C21H21N3O3/c1-3-24(4-2)16-11-9-15(10-12-16)22-23-19-17-8-6-5-7-14(17)13-18(20(19)25)21(26)27/h5-13,25H,3-4H2,1-2H3,(H,26,27)/b23-22+. The smallest absolute Gasteiger partial charge is 0.339 e. The fourth-order valence-corrected chi connectivity index (χ4v) is 3.01. The van der Waals surface area contributed by atoms with Crippen LogP contribution in [0.25, 0.3) is 10.8 Å². The van der Waals surface area contributed by atoms with E-state index in [0.717, 1.165) is 18.8 Å². The molecule has 0 atom stereocenters. The zero-order chi connectivity index (χ0) is 19.4. The molecule has 2 N–H and O–H groups in total. The molecule has 0 fully saturated rings. The highest BCUT2D eigenvalue weighted by Crippen LogP contribution is 2.39. The number of carboxylic acids is 1. The molecule has 0 saturated heterocycles. The van der Waals surface area contributed by atoms with Crippen LogP contribution in [-0.4, -0.2) is 29.3 Å². The molecule has 6 nitrogen and oxygen atoms in total. The van der Waals surface area contributed by atoms with E-state index in [1.165, 1.54) is 6.07 Å². The SMILES string of the molecule is CCN(CC)c1ccc(/N=N/c2c(O)c(C(=O)O)cc3ccccc23)cc1. The third-order valence-electron chi connectivity index (χ3n) is 4.47. The molecule has 27 heavy (non-hydrogen) atoms. The van der Waals surface area contributed by atoms with Gasteiger partial charge in [0.1, 0.15) is 11.3 Å². The minimum Gasteiger partial charge on any atom is -0.505 e. The Morgan fingerprint density at radius 3 is 2.30 bits per heavy atom. The number of hydrogen-bond acceptors (Lipinski definition) is 5. The van der Waals surface area contributed by atoms with Crippen molar-refractivity contribution in [2.75, 3.05) is 18.0 Å². The first-order valence-corrected chi connectivity index (χ1v) is 8.79. The lowest BCUT2D eigenvalue weighted by atomic mass is 10.0. The summed E-state index contributed by atoms with van der Waals surface area (Å²) in [6.07, 6.45) is 0. The van der Waals surface area contributed by atoms with Crippen molar-refractivity contribution < 1.29 is 15.0 Å². The molecule has 0 aliphatic carbocycles. The molecule has 3 rings (SSSR count). The number of carbonyl (C=O) groups is 1. The number of nitrogens with zero attached hydrogens (tertiary/aromatic N) is 3. The van der Waals surface area contributed by atoms with Crippen LogP contribution >= 0.6 is 0 Å². The summed E-state index contributed by atoms with van der Waals surface area (Å²) in [4.78, 5) is 13.6. The van der Waals surface area contributed by atoms with E-state index < -0.39 is 5.97 Å². The van der Waals surface area contributed by atoms with Crippen molar-refractivity contribution in [1.82, 2.24) is 0 Å². The number of aromatic hydroxyl groups is 1. The van der Waals surface area contributed by atoms with Gasteiger partial charge in [-0.25, -0.2) is 4.79 Å². The monoisotopic (exact) mass is 363 g/mol. The van der Waals surface area contributed by atoms with Gasteiger partial charge in [0.25, 0.3) is 0 Å². The maximum absolute atomic E-state index is 11.4. The van der Waals surface area contributed by atoms with E-state index in [1.807, 2.05) is 24.3 Å². The molecule has 0 spiro atoms. The number of aromatic carboxylic acids is 1. The summed E-state index contributed by atoms with van der Waals surface area (Å²) in [5.74, 6) is -1.59. The summed E-state index contributed by atoms with van der Waals surface area (Å²) in [7, 11) is 0. The van der Waals surface area contributed by atoms with Crippen LogP contribution in [0.15, 0.2) is 64.8 Å². The maximum atomic E-state index is 11.4. The van der Waals surface area contributed by atoms with Crippen LogP contribution in [0.2, 0.25) is 0 Å². The van der Waals surface area contributed by atoms with Gasteiger partial charge in [-0.3, -0.25) is 0 Å². The van der Waals surface area contributed by atoms with E-state index in [4.69, 9.17) is 0 Å². The number of fused-ring (bicyclic) bond motifs is 1. The van der Waals surface area contributed by atoms with Gasteiger partial charge in [-0.2, -0.15) is 5.11 Å². The molecule has 138 valence electrons. The van der Waals surface area contributed by atoms with Crippen LogP contribution in [-0.2, 0) is 0 Å². The van der Waals surface area contributed by atoms with E-state index in [0.29, 0.717) is 16.5 Å².